The molecule has 0 saturated carbocycles. The second-order valence-electron chi connectivity index (χ2n) is 11.5. The maximum absolute atomic E-state index is 15.0. The Morgan fingerprint density at radius 1 is 1.23 bits per heavy atom. The molecule has 0 unspecified atom stereocenters. The van der Waals surface area contributed by atoms with Crippen molar-refractivity contribution in [2.24, 2.45) is 11.8 Å². The van der Waals surface area contributed by atoms with Gasteiger partial charge in [-0.3, -0.25) is 4.57 Å². The molecule has 4 atom stereocenters. The molecule has 1 aliphatic heterocycles. The predicted octanol–water partition coefficient (Wildman–Crippen LogP) is 3.86. The van der Waals surface area contributed by atoms with E-state index < -0.39 is 66.3 Å². The van der Waals surface area contributed by atoms with Crippen molar-refractivity contribution in [1.82, 2.24) is 14.9 Å². The van der Waals surface area contributed by atoms with E-state index in [2.05, 4.69) is 29.5 Å². The normalized spacial score (nSPS) is 21.4. The van der Waals surface area contributed by atoms with E-state index in [0.717, 1.165) is 31.9 Å². The molecule has 2 rings (SSSR count). The highest BCUT2D eigenvalue weighted by molar-refractivity contribution is 5.81. The molecule has 11 nitrogen and oxygen atoms in total. The summed E-state index contributed by atoms with van der Waals surface area (Å²) < 4.78 is 46.2. The number of esters is 1. The van der Waals surface area contributed by atoms with Gasteiger partial charge in [0.25, 0.3) is 0 Å². The number of anilines is 1. The summed E-state index contributed by atoms with van der Waals surface area (Å²) in [5, 5.41) is 15.8. The quantitative estimate of drug-likeness (QED) is 0.300. The Bertz CT molecular complexity index is 1040. The van der Waals surface area contributed by atoms with E-state index in [9.17, 15) is 28.3 Å². The lowest BCUT2D eigenvalue weighted by molar-refractivity contribution is -0.154. The minimum atomic E-state index is -3.88. The molecular weight excluding hydrogens is 530 g/mol. The zero-order valence-electron chi connectivity index (χ0n) is 24.4. The Balaban J connectivity index is 2.07. The standard InChI is InChI=1S/C27H44F2N4O7/c1-8-10-17(11-9-2)14-30-19-12-13-33(24(36)31-19)23-27(28,29)21(34)18(39-23)15-38-22(35)20(16(3)4)32-25(37)40-26(5,6)7/h12-13,16-18,20-21,23,34H,8-11,14-15H2,1-7H3,(H,32,37)(H,30,31,36)/t18-,20-,21-,23-/m1/s1. The van der Waals surface area contributed by atoms with E-state index in [1.807, 2.05) is 0 Å². The number of nitrogens with one attached hydrogen (secondary N) is 2. The van der Waals surface area contributed by atoms with Crippen molar-refractivity contribution in [1.29, 1.82) is 0 Å². The molecule has 0 bridgehead atoms. The van der Waals surface area contributed by atoms with Gasteiger partial charge in [0.05, 0.1) is 0 Å². The van der Waals surface area contributed by atoms with Gasteiger partial charge in [-0.1, -0.05) is 40.5 Å². The van der Waals surface area contributed by atoms with Gasteiger partial charge in [-0.15, -0.1) is 0 Å². The van der Waals surface area contributed by atoms with Crippen molar-refractivity contribution >= 4 is 17.9 Å². The summed E-state index contributed by atoms with van der Waals surface area (Å²) in [5.74, 6) is -4.56. The van der Waals surface area contributed by atoms with Crippen molar-refractivity contribution in [3.05, 3.63) is 22.7 Å². The van der Waals surface area contributed by atoms with Crippen LogP contribution in [0.5, 0.6) is 0 Å². The summed E-state index contributed by atoms with van der Waals surface area (Å²) in [5.41, 5.74) is -1.78. The van der Waals surface area contributed by atoms with Gasteiger partial charge in [-0.25, -0.2) is 14.4 Å². The summed E-state index contributed by atoms with van der Waals surface area (Å²) in [4.78, 5) is 41.3. The maximum atomic E-state index is 15.0. The third-order valence-electron chi connectivity index (χ3n) is 6.41. The second-order valence-corrected chi connectivity index (χ2v) is 11.5. The number of rotatable bonds is 13. The van der Waals surface area contributed by atoms with Crippen molar-refractivity contribution in [3.8, 4) is 0 Å². The molecule has 1 aromatic rings. The minimum Gasteiger partial charge on any atom is -0.461 e. The average molecular weight is 575 g/mol. The number of nitrogens with zero attached hydrogens (tertiary/aromatic N) is 2. The number of aliphatic hydroxyl groups is 1. The Hall–Kier alpha value is -2.80. The number of ether oxygens (including phenoxy) is 3. The lowest BCUT2D eigenvalue weighted by Gasteiger charge is -2.25. The van der Waals surface area contributed by atoms with Crippen LogP contribution in [0.1, 0.15) is 80.4 Å². The fourth-order valence-corrected chi connectivity index (χ4v) is 4.40. The molecule has 1 aromatic heterocycles. The number of aromatic nitrogens is 2. The van der Waals surface area contributed by atoms with Crippen LogP contribution in [0.4, 0.5) is 19.4 Å². The van der Waals surface area contributed by atoms with Crippen molar-refractivity contribution in [3.63, 3.8) is 0 Å². The highest BCUT2D eigenvalue weighted by atomic mass is 19.3. The second kappa shape index (κ2) is 14.2. The van der Waals surface area contributed by atoms with Crippen LogP contribution in [-0.2, 0) is 19.0 Å². The van der Waals surface area contributed by atoms with Gasteiger partial charge in [-0.2, -0.15) is 13.8 Å². The third kappa shape index (κ3) is 9.12. The lowest BCUT2D eigenvalue weighted by Crippen LogP contribution is -2.48. The van der Waals surface area contributed by atoms with Crippen molar-refractivity contribution < 1.29 is 37.7 Å². The molecule has 1 amide bonds. The van der Waals surface area contributed by atoms with Crippen molar-refractivity contribution in [2.45, 2.75) is 110 Å². The van der Waals surface area contributed by atoms with Gasteiger partial charge in [0, 0.05) is 12.7 Å². The van der Waals surface area contributed by atoms with Gasteiger partial charge in [0.2, 0.25) is 6.23 Å². The van der Waals surface area contributed by atoms with Gasteiger partial charge in [0.15, 0.2) is 6.10 Å². The van der Waals surface area contributed by atoms with Gasteiger partial charge in [-0.05, 0) is 51.5 Å². The molecule has 0 radical (unpaired) electrons. The van der Waals surface area contributed by atoms with E-state index in [1.54, 1.807) is 34.6 Å². The van der Waals surface area contributed by atoms with Gasteiger partial charge in [0.1, 0.15) is 30.2 Å². The Morgan fingerprint density at radius 3 is 2.38 bits per heavy atom. The topological polar surface area (TPSA) is 141 Å². The van der Waals surface area contributed by atoms with Gasteiger partial charge < -0.3 is 30.0 Å². The number of carbonyl (C=O) groups is 2. The molecule has 228 valence electrons. The Kier molecular flexibility index (Phi) is 11.9. The van der Waals surface area contributed by atoms with Crippen LogP contribution in [0.3, 0.4) is 0 Å². The van der Waals surface area contributed by atoms with Crippen LogP contribution in [0.25, 0.3) is 0 Å². The van der Waals surface area contributed by atoms with Crippen LogP contribution in [0.15, 0.2) is 17.1 Å². The smallest absolute Gasteiger partial charge is 0.408 e. The average Bonchev–Trinajstić information content (AvgIpc) is 3.07. The summed E-state index contributed by atoms with van der Waals surface area (Å²) in [7, 11) is 0. The zero-order chi connectivity index (χ0) is 30.3. The summed E-state index contributed by atoms with van der Waals surface area (Å²) >= 11 is 0. The largest absolute Gasteiger partial charge is 0.461 e. The van der Waals surface area contributed by atoms with Crippen LogP contribution in [-0.4, -0.2) is 69.6 Å². The van der Waals surface area contributed by atoms with E-state index in [0.29, 0.717) is 17.0 Å². The predicted molar refractivity (Wildman–Crippen MR) is 144 cm³/mol. The van der Waals surface area contributed by atoms with E-state index in [4.69, 9.17) is 14.2 Å². The molecule has 0 spiro atoms. The van der Waals surface area contributed by atoms with E-state index >= 15 is 0 Å². The summed E-state index contributed by atoms with van der Waals surface area (Å²) in [6.07, 6.45) is -1.80. The highest BCUT2D eigenvalue weighted by Crippen LogP contribution is 2.42. The highest BCUT2D eigenvalue weighted by Gasteiger charge is 2.60. The molecule has 1 fully saturated rings. The number of halogens is 2. The third-order valence-corrected chi connectivity index (χ3v) is 6.41. The number of alkyl carbamates (subject to hydrolysis) is 1. The van der Waals surface area contributed by atoms with Crippen LogP contribution < -0.4 is 16.3 Å². The molecule has 40 heavy (non-hydrogen) atoms. The Labute approximate surface area is 234 Å². The number of hydrogen-bond donors (Lipinski definition) is 3. The molecular formula is C27H44F2N4O7. The first kappa shape index (κ1) is 33.4. The minimum absolute atomic E-state index is 0.253. The van der Waals surface area contributed by atoms with Crippen LogP contribution in [0, 0.1) is 11.8 Å². The first-order chi connectivity index (χ1) is 18.6. The monoisotopic (exact) mass is 574 g/mol. The number of amides is 1. The van der Waals surface area contributed by atoms with Crippen LogP contribution in [0.2, 0.25) is 0 Å². The SMILES string of the molecule is CCCC(CCC)CNc1ccn([C@@H]2O[C@H](COC(=O)[C@H](NC(=O)OC(C)(C)C)C(C)C)[C@@H](O)C2(F)F)c(=O)n1. The summed E-state index contributed by atoms with van der Waals surface area (Å²) in [6.45, 7) is 12.3. The molecule has 0 aliphatic carbocycles. The van der Waals surface area contributed by atoms with E-state index in [1.165, 1.54) is 6.07 Å². The van der Waals surface area contributed by atoms with E-state index in [-0.39, 0.29) is 5.82 Å². The number of carbonyl (C=O) groups excluding carboxylic acids is 2. The maximum Gasteiger partial charge on any atom is 0.408 e. The number of aliphatic hydroxyl groups excluding tert-OH is 1. The number of hydrogen-bond acceptors (Lipinski definition) is 9. The summed E-state index contributed by atoms with van der Waals surface area (Å²) in [6, 6.07) is 0.260. The zero-order valence-corrected chi connectivity index (χ0v) is 24.4. The fraction of sp³-hybridized carbons (Fsp3) is 0.778. The fourth-order valence-electron chi connectivity index (χ4n) is 4.40. The lowest BCUT2D eigenvalue weighted by atomic mass is 9.98. The number of alkyl halides is 2. The molecule has 1 aliphatic rings. The van der Waals surface area contributed by atoms with Crippen LogP contribution >= 0.6 is 0 Å². The van der Waals surface area contributed by atoms with Gasteiger partial charge >= 0.3 is 23.7 Å². The first-order valence-corrected chi connectivity index (χ1v) is 13.8. The van der Waals surface area contributed by atoms with Crippen molar-refractivity contribution in [2.75, 3.05) is 18.5 Å². The first-order valence-electron chi connectivity index (χ1n) is 13.8. The molecule has 2 heterocycles. The Morgan fingerprint density at radius 2 is 1.85 bits per heavy atom. The molecule has 3 N–H and O–H groups in total. The molecule has 13 heteroatoms. The molecule has 1 saturated heterocycles. The molecule has 0 aromatic carbocycles.